The number of benzene rings is 1. The highest BCUT2D eigenvalue weighted by Gasteiger charge is 2.34. The highest BCUT2D eigenvalue weighted by molar-refractivity contribution is 9.09. The summed E-state index contributed by atoms with van der Waals surface area (Å²) in [5.41, 5.74) is -1.62. The zero-order valence-electron chi connectivity index (χ0n) is 9.39. The Labute approximate surface area is 110 Å². The fourth-order valence-electron chi connectivity index (χ4n) is 1.32. The second-order valence-electron chi connectivity index (χ2n) is 3.61. The highest BCUT2D eigenvalue weighted by atomic mass is 79.9. The SMILES string of the molecule is CN(CCBr)C(=O)c1ccc(F)c(C(F)(F)F)c1. The van der Waals surface area contributed by atoms with E-state index in [0.29, 0.717) is 24.0 Å². The maximum atomic E-state index is 13.0. The molecule has 0 N–H and O–H groups in total. The standard InChI is InChI=1S/C11H10BrF4NO/c1-17(5-4-12)10(18)7-2-3-9(13)8(6-7)11(14,15)16/h2-3,6H,4-5H2,1H3. The first-order valence-electron chi connectivity index (χ1n) is 4.95. The average Bonchev–Trinajstić information content (AvgIpc) is 2.27. The minimum atomic E-state index is -4.81. The quantitative estimate of drug-likeness (QED) is 0.616. The van der Waals surface area contributed by atoms with Crippen LogP contribution in [0.15, 0.2) is 18.2 Å². The Balaban J connectivity index is 3.09. The summed E-state index contributed by atoms with van der Waals surface area (Å²) < 4.78 is 50.4. The van der Waals surface area contributed by atoms with Crippen LogP contribution in [0.3, 0.4) is 0 Å². The third-order valence-electron chi connectivity index (χ3n) is 2.29. The molecule has 1 aromatic rings. The van der Waals surface area contributed by atoms with Gasteiger partial charge in [0.15, 0.2) is 0 Å². The van der Waals surface area contributed by atoms with E-state index >= 15 is 0 Å². The lowest BCUT2D eigenvalue weighted by Gasteiger charge is -2.16. The number of alkyl halides is 4. The first-order chi connectivity index (χ1) is 8.27. The van der Waals surface area contributed by atoms with E-state index in [-0.39, 0.29) is 5.56 Å². The number of hydrogen-bond donors (Lipinski definition) is 0. The normalized spacial score (nSPS) is 11.4. The van der Waals surface area contributed by atoms with Crippen molar-refractivity contribution in [1.29, 1.82) is 0 Å². The minimum absolute atomic E-state index is 0.188. The van der Waals surface area contributed by atoms with Gasteiger partial charge < -0.3 is 4.90 Å². The maximum absolute atomic E-state index is 13.0. The monoisotopic (exact) mass is 327 g/mol. The first kappa shape index (κ1) is 14.9. The minimum Gasteiger partial charge on any atom is -0.341 e. The molecule has 7 heteroatoms. The molecule has 18 heavy (non-hydrogen) atoms. The Morgan fingerprint density at radius 1 is 1.39 bits per heavy atom. The summed E-state index contributed by atoms with van der Waals surface area (Å²) in [6.07, 6.45) is -4.81. The van der Waals surface area contributed by atoms with Crippen LogP contribution in [0, 0.1) is 5.82 Å². The second-order valence-corrected chi connectivity index (χ2v) is 4.40. The second kappa shape index (κ2) is 5.69. The van der Waals surface area contributed by atoms with E-state index in [4.69, 9.17) is 0 Å². The molecule has 0 atom stereocenters. The Bertz CT molecular complexity index is 447. The van der Waals surface area contributed by atoms with Gasteiger partial charge in [0.2, 0.25) is 0 Å². The van der Waals surface area contributed by atoms with Crippen LogP contribution in [-0.2, 0) is 6.18 Å². The van der Waals surface area contributed by atoms with Gasteiger partial charge in [0.25, 0.3) is 5.91 Å². The molecule has 1 amide bonds. The number of rotatable bonds is 3. The molecule has 100 valence electrons. The van der Waals surface area contributed by atoms with Gasteiger partial charge in [-0.3, -0.25) is 4.79 Å². The van der Waals surface area contributed by atoms with Crippen molar-refractivity contribution in [2.24, 2.45) is 0 Å². The molecule has 0 aromatic heterocycles. The Morgan fingerprint density at radius 3 is 2.50 bits per heavy atom. The molecule has 0 heterocycles. The van der Waals surface area contributed by atoms with Crippen molar-refractivity contribution in [2.75, 3.05) is 18.9 Å². The van der Waals surface area contributed by atoms with E-state index in [1.54, 1.807) is 0 Å². The smallest absolute Gasteiger partial charge is 0.341 e. The molecule has 0 fully saturated rings. The van der Waals surface area contributed by atoms with Crippen LogP contribution in [0.4, 0.5) is 17.6 Å². The third-order valence-corrected chi connectivity index (χ3v) is 2.64. The molecule has 0 spiro atoms. The number of nitrogens with zero attached hydrogens (tertiary/aromatic N) is 1. The summed E-state index contributed by atoms with van der Waals surface area (Å²) in [6, 6.07) is 2.22. The molecular weight excluding hydrogens is 318 g/mol. The summed E-state index contributed by atoms with van der Waals surface area (Å²) in [4.78, 5) is 13.0. The highest BCUT2D eigenvalue weighted by Crippen LogP contribution is 2.32. The molecule has 0 saturated carbocycles. The van der Waals surface area contributed by atoms with Crippen molar-refractivity contribution in [1.82, 2.24) is 4.90 Å². The zero-order chi connectivity index (χ0) is 13.9. The van der Waals surface area contributed by atoms with Crippen molar-refractivity contribution in [2.45, 2.75) is 6.18 Å². The fourth-order valence-corrected chi connectivity index (χ4v) is 1.86. The summed E-state index contributed by atoms with van der Waals surface area (Å²) in [5, 5.41) is 0.503. The molecule has 0 saturated heterocycles. The number of amides is 1. The van der Waals surface area contributed by atoms with Crippen LogP contribution in [-0.4, -0.2) is 29.7 Å². The van der Waals surface area contributed by atoms with E-state index in [1.807, 2.05) is 0 Å². The Morgan fingerprint density at radius 2 is 2.00 bits per heavy atom. The van der Waals surface area contributed by atoms with Gasteiger partial charge >= 0.3 is 6.18 Å². The van der Waals surface area contributed by atoms with Gasteiger partial charge in [-0.05, 0) is 18.2 Å². The van der Waals surface area contributed by atoms with Crippen LogP contribution in [0.5, 0.6) is 0 Å². The lowest BCUT2D eigenvalue weighted by molar-refractivity contribution is -0.140. The molecule has 2 nitrogen and oxygen atoms in total. The van der Waals surface area contributed by atoms with E-state index < -0.39 is 23.5 Å². The van der Waals surface area contributed by atoms with E-state index in [9.17, 15) is 22.4 Å². The molecule has 1 rings (SSSR count). The van der Waals surface area contributed by atoms with Crippen molar-refractivity contribution in [3.05, 3.63) is 35.1 Å². The van der Waals surface area contributed by atoms with Crippen molar-refractivity contribution in [3.63, 3.8) is 0 Å². The van der Waals surface area contributed by atoms with Crippen LogP contribution in [0.2, 0.25) is 0 Å². The van der Waals surface area contributed by atoms with E-state index in [0.717, 1.165) is 6.07 Å². The van der Waals surface area contributed by atoms with Gasteiger partial charge in [0.1, 0.15) is 5.82 Å². The van der Waals surface area contributed by atoms with Gasteiger partial charge in [-0.25, -0.2) is 4.39 Å². The summed E-state index contributed by atoms with van der Waals surface area (Å²) in [6.45, 7) is 0.345. The summed E-state index contributed by atoms with van der Waals surface area (Å²) >= 11 is 3.11. The van der Waals surface area contributed by atoms with Crippen LogP contribution in [0.1, 0.15) is 15.9 Å². The fraction of sp³-hybridized carbons (Fsp3) is 0.364. The predicted octanol–water partition coefficient (Wildman–Crippen LogP) is 3.31. The molecular formula is C11H10BrF4NO. The molecule has 1 aromatic carbocycles. The molecule has 0 radical (unpaired) electrons. The molecule has 0 unspecified atom stereocenters. The first-order valence-corrected chi connectivity index (χ1v) is 6.07. The maximum Gasteiger partial charge on any atom is 0.419 e. The van der Waals surface area contributed by atoms with Gasteiger partial charge in [-0.2, -0.15) is 13.2 Å². The number of hydrogen-bond acceptors (Lipinski definition) is 1. The molecule has 0 aliphatic rings. The Hall–Kier alpha value is -1.11. The molecule has 0 bridgehead atoms. The van der Waals surface area contributed by atoms with Crippen molar-refractivity contribution >= 4 is 21.8 Å². The average molecular weight is 328 g/mol. The summed E-state index contributed by atoms with van der Waals surface area (Å²) in [5.74, 6) is -1.97. The van der Waals surface area contributed by atoms with Crippen LogP contribution in [0.25, 0.3) is 0 Å². The third kappa shape index (κ3) is 3.44. The molecule has 0 aliphatic heterocycles. The topological polar surface area (TPSA) is 20.3 Å². The van der Waals surface area contributed by atoms with Gasteiger partial charge in [-0.1, -0.05) is 15.9 Å². The largest absolute Gasteiger partial charge is 0.419 e. The number of carbonyl (C=O) groups is 1. The lowest BCUT2D eigenvalue weighted by Crippen LogP contribution is -2.28. The van der Waals surface area contributed by atoms with Crippen molar-refractivity contribution < 1.29 is 22.4 Å². The number of carbonyl (C=O) groups excluding carboxylic acids is 1. The summed E-state index contributed by atoms with van der Waals surface area (Å²) in [7, 11) is 1.46. The zero-order valence-corrected chi connectivity index (χ0v) is 11.0. The van der Waals surface area contributed by atoms with Gasteiger partial charge in [0, 0.05) is 24.5 Å². The van der Waals surface area contributed by atoms with Gasteiger partial charge in [0.05, 0.1) is 5.56 Å². The van der Waals surface area contributed by atoms with Crippen LogP contribution < -0.4 is 0 Å². The number of halogens is 5. The van der Waals surface area contributed by atoms with Gasteiger partial charge in [-0.15, -0.1) is 0 Å². The lowest BCUT2D eigenvalue weighted by atomic mass is 10.1. The molecule has 0 aliphatic carbocycles. The Kier molecular flexibility index (Phi) is 4.72. The van der Waals surface area contributed by atoms with E-state index in [2.05, 4.69) is 15.9 Å². The van der Waals surface area contributed by atoms with E-state index in [1.165, 1.54) is 11.9 Å². The van der Waals surface area contributed by atoms with Crippen LogP contribution >= 0.6 is 15.9 Å². The van der Waals surface area contributed by atoms with Crippen molar-refractivity contribution in [3.8, 4) is 0 Å². The predicted molar refractivity (Wildman–Crippen MR) is 62.2 cm³/mol.